The standard InChI is InChI=1S/C12H21N3O/c1-15(2)9-5-8-12(11(14)16)7-4-3-6-10(12)13/h3-4,6-7,10H,5,8-9,13H2,1-2H3,(H2,14,16). The highest BCUT2D eigenvalue weighted by Crippen LogP contribution is 2.32. The third-order valence-electron chi connectivity index (χ3n) is 3.07. The average Bonchev–Trinajstić information content (AvgIpc) is 2.20. The number of nitrogens with zero attached hydrogens (tertiary/aromatic N) is 1. The molecule has 0 aromatic carbocycles. The van der Waals surface area contributed by atoms with E-state index < -0.39 is 5.41 Å². The molecule has 90 valence electrons. The van der Waals surface area contributed by atoms with Crippen LogP contribution in [0.4, 0.5) is 0 Å². The first kappa shape index (κ1) is 12.9. The second-order valence-electron chi connectivity index (χ2n) is 4.58. The molecule has 1 aliphatic rings. The first-order valence-corrected chi connectivity index (χ1v) is 5.55. The molecule has 0 bridgehead atoms. The summed E-state index contributed by atoms with van der Waals surface area (Å²) in [6, 6.07) is -0.308. The Morgan fingerprint density at radius 3 is 2.62 bits per heavy atom. The molecule has 0 heterocycles. The van der Waals surface area contributed by atoms with Gasteiger partial charge in [-0.2, -0.15) is 0 Å². The number of hydrogen-bond acceptors (Lipinski definition) is 3. The zero-order valence-electron chi connectivity index (χ0n) is 10.0. The maximum absolute atomic E-state index is 11.6. The lowest BCUT2D eigenvalue weighted by Gasteiger charge is -2.33. The topological polar surface area (TPSA) is 72.3 Å². The normalized spacial score (nSPS) is 28.6. The van der Waals surface area contributed by atoms with Crippen LogP contribution in [0.3, 0.4) is 0 Å². The Morgan fingerprint density at radius 1 is 1.44 bits per heavy atom. The van der Waals surface area contributed by atoms with Crippen LogP contribution in [0.15, 0.2) is 24.3 Å². The van der Waals surface area contributed by atoms with E-state index in [1.807, 2.05) is 38.4 Å². The molecular weight excluding hydrogens is 202 g/mol. The van der Waals surface area contributed by atoms with E-state index in [1.165, 1.54) is 0 Å². The molecule has 0 fully saturated rings. The van der Waals surface area contributed by atoms with Gasteiger partial charge in [-0.05, 0) is 33.5 Å². The number of carbonyl (C=O) groups is 1. The van der Waals surface area contributed by atoms with Crippen LogP contribution >= 0.6 is 0 Å². The van der Waals surface area contributed by atoms with Crippen LogP contribution in [0.25, 0.3) is 0 Å². The van der Waals surface area contributed by atoms with Crippen molar-refractivity contribution in [1.82, 2.24) is 4.90 Å². The number of hydrogen-bond donors (Lipinski definition) is 2. The van der Waals surface area contributed by atoms with Crippen molar-refractivity contribution in [2.45, 2.75) is 18.9 Å². The SMILES string of the molecule is CN(C)CCCC1(C(N)=O)C=CC=CC1N. The van der Waals surface area contributed by atoms with Crippen LogP contribution in [0.2, 0.25) is 0 Å². The second-order valence-corrected chi connectivity index (χ2v) is 4.58. The Balaban J connectivity index is 2.70. The smallest absolute Gasteiger partial charge is 0.229 e. The molecule has 4 nitrogen and oxygen atoms in total. The number of primary amides is 1. The first-order valence-electron chi connectivity index (χ1n) is 5.55. The van der Waals surface area contributed by atoms with Crippen molar-refractivity contribution in [2.75, 3.05) is 20.6 Å². The second kappa shape index (κ2) is 5.27. The Kier molecular flexibility index (Phi) is 4.26. The summed E-state index contributed by atoms with van der Waals surface area (Å²) >= 11 is 0. The first-order chi connectivity index (χ1) is 7.49. The Morgan fingerprint density at radius 2 is 2.12 bits per heavy atom. The Bertz CT molecular complexity index is 309. The number of rotatable bonds is 5. The van der Waals surface area contributed by atoms with Crippen molar-refractivity contribution < 1.29 is 4.79 Å². The minimum Gasteiger partial charge on any atom is -0.369 e. The van der Waals surface area contributed by atoms with Gasteiger partial charge >= 0.3 is 0 Å². The van der Waals surface area contributed by atoms with Crippen LogP contribution in [0, 0.1) is 5.41 Å². The summed E-state index contributed by atoms with van der Waals surface area (Å²) < 4.78 is 0. The predicted molar refractivity (Wildman–Crippen MR) is 65.7 cm³/mol. The van der Waals surface area contributed by atoms with Gasteiger partial charge in [-0.15, -0.1) is 0 Å². The predicted octanol–water partition coefficient (Wildman–Crippen LogP) is 0.253. The quantitative estimate of drug-likeness (QED) is 0.702. The number of amides is 1. The molecule has 0 aromatic rings. The van der Waals surface area contributed by atoms with Crippen LogP contribution in [0.5, 0.6) is 0 Å². The number of carbonyl (C=O) groups excluding carboxylic acids is 1. The van der Waals surface area contributed by atoms with E-state index in [1.54, 1.807) is 0 Å². The summed E-state index contributed by atoms with van der Waals surface area (Å²) in [5.74, 6) is -0.334. The number of nitrogens with two attached hydrogens (primary N) is 2. The van der Waals surface area contributed by atoms with Gasteiger partial charge in [0.15, 0.2) is 0 Å². The van der Waals surface area contributed by atoms with Crippen molar-refractivity contribution in [3.05, 3.63) is 24.3 Å². The van der Waals surface area contributed by atoms with Gasteiger partial charge in [-0.25, -0.2) is 0 Å². The maximum atomic E-state index is 11.6. The van der Waals surface area contributed by atoms with Crippen LogP contribution < -0.4 is 11.5 Å². The van der Waals surface area contributed by atoms with Gasteiger partial charge in [-0.1, -0.05) is 24.3 Å². The highest BCUT2D eigenvalue weighted by atomic mass is 16.1. The summed E-state index contributed by atoms with van der Waals surface area (Å²) in [5.41, 5.74) is 10.8. The molecule has 2 unspecified atom stereocenters. The van der Waals surface area contributed by atoms with E-state index in [9.17, 15) is 4.79 Å². The summed E-state index contributed by atoms with van der Waals surface area (Å²) in [7, 11) is 4.01. The van der Waals surface area contributed by atoms with E-state index in [-0.39, 0.29) is 11.9 Å². The molecule has 16 heavy (non-hydrogen) atoms. The fraction of sp³-hybridized carbons (Fsp3) is 0.583. The van der Waals surface area contributed by atoms with Gasteiger partial charge in [0, 0.05) is 6.04 Å². The molecule has 0 saturated heterocycles. The van der Waals surface area contributed by atoms with Crippen molar-refractivity contribution in [3.8, 4) is 0 Å². The molecule has 4 heteroatoms. The van der Waals surface area contributed by atoms with Crippen molar-refractivity contribution in [3.63, 3.8) is 0 Å². The van der Waals surface area contributed by atoms with E-state index in [0.717, 1.165) is 13.0 Å². The van der Waals surface area contributed by atoms with E-state index in [2.05, 4.69) is 4.90 Å². The summed E-state index contributed by atoms with van der Waals surface area (Å²) in [6.07, 6.45) is 8.99. The highest BCUT2D eigenvalue weighted by molar-refractivity contribution is 5.84. The molecule has 1 aliphatic carbocycles. The average molecular weight is 223 g/mol. The Labute approximate surface area is 97.0 Å². The largest absolute Gasteiger partial charge is 0.369 e. The molecule has 2 atom stereocenters. The highest BCUT2D eigenvalue weighted by Gasteiger charge is 2.39. The van der Waals surface area contributed by atoms with Crippen molar-refractivity contribution in [2.24, 2.45) is 16.9 Å². The van der Waals surface area contributed by atoms with Gasteiger partial charge < -0.3 is 16.4 Å². The monoisotopic (exact) mass is 223 g/mol. The number of allylic oxidation sites excluding steroid dienone is 2. The molecule has 0 radical (unpaired) electrons. The van der Waals surface area contributed by atoms with E-state index >= 15 is 0 Å². The van der Waals surface area contributed by atoms with E-state index in [4.69, 9.17) is 11.5 Å². The van der Waals surface area contributed by atoms with Crippen molar-refractivity contribution in [1.29, 1.82) is 0 Å². The van der Waals surface area contributed by atoms with Gasteiger partial charge in [0.25, 0.3) is 0 Å². The molecular formula is C12H21N3O. The van der Waals surface area contributed by atoms with Crippen LogP contribution in [-0.4, -0.2) is 37.5 Å². The molecule has 0 saturated carbocycles. The lowest BCUT2D eigenvalue weighted by atomic mass is 9.73. The maximum Gasteiger partial charge on any atom is 0.229 e. The van der Waals surface area contributed by atoms with Crippen molar-refractivity contribution >= 4 is 5.91 Å². The minimum absolute atomic E-state index is 0.308. The lowest BCUT2D eigenvalue weighted by Crippen LogP contribution is -2.49. The molecule has 1 rings (SSSR count). The van der Waals surface area contributed by atoms with Crippen LogP contribution in [0.1, 0.15) is 12.8 Å². The van der Waals surface area contributed by atoms with Gasteiger partial charge in [-0.3, -0.25) is 4.79 Å². The summed E-state index contributed by atoms with van der Waals surface area (Å²) in [4.78, 5) is 13.7. The Hall–Kier alpha value is -1.13. The van der Waals surface area contributed by atoms with Gasteiger partial charge in [0.1, 0.15) is 0 Å². The zero-order valence-corrected chi connectivity index (χ0v) is 10.0. The third-order valence-corrected chi connectivity index (χ3v) is 3.07. The zero-order chi connectivity index (χ0) is 12.2. The molecule has 0 aliphatic heterocycles. The molecule has 0 spiro atoms. The fourth-order valence-corrected chi connectivity index (χ4v) is 2.00. The third kappa shape index (κ3) is 2.71. The molecule has 1 amide bonds. The lowest BCUT2D eigenvalue weighted by molar-refractivity contribution is -0.126. The molecule has 0 aromatic heterocycles. The van der Waals surface area contributed by atoms with E-state index in [0.29, 0.717) is 6.42 Å². The fourth-order valence-electron chi connectivity index (χ4n) is 2.00. The minimum atomic E-state index is -0.704. The van der Waals surface area contributed by atoms with Gasteiger partial charge in [0.05, 0.1) is 5.41 Å². The van der Waals surface area contributed by atoms with Crippen LogP contribution in [-0.2, 0) is 4.79 Å². The van der Waals surface area contributed by atoms with Gasteiger partial charge in [0.2, 0.25) is 5.91 Å². The summed E-state index contributed by atoms with van der Waals surface area (Å²) in [5, 5.41) is 0. The summed E-state index contributed by atoms with van der Waals surface area (Å²) in [6.45, 7) is 0.930. The molecule has 4 N–H and O–H groups in total.